The molecule has 3 heterocycles. The van der Waals surface area contributed by atoms with Gasteiger partial charge < -0.3 is 24.2 Å². The Kier molecular flexibility index (Phi) is 9.36. The molecule has 10 nitrogen and oxygen atoms in total. The first-order chi connectivity index (χ1) is 21.0. The number of hydrogen-bond donors (Lipinski definition) is 0. The molecule has 2 aliphatic rings. The third kappa shape index (κ3) is 6.79. The van der Waals surface area contributed by atoms with Crippen molar-refractivity contribution in [2.24, 2.45) is 4.99 Å². The monoisotopic (exact) mass is 617 g/mol. The number of amides is 1. The summed E-state index contributed by atoms with van der Waals surface area (Å²) in [5.74, 6) is 0.0660. The predicted octanol–water partition coefficient (Wildman–Crippen LogP) is 2.41. The standard InChI is InChI=1S/C33H39N5O5S/c1-21(2)43-32(41)29-22(3)34-33-38(30(29)24-9-11-25(12-10-24)35(4)5)31(40)27(44-33)19-23-7-13-26(14-8-23)42-20-28(39)37-17-15-36(6)16-18-37/h7-14,19,21,30H,15-18,20H2,1-6H3/b27-19-. The highest BCUT2D eigenvalue weighted by Gasteiger charge is 2.33. The van der Waals surface area contributed by atoms with Gasteiger partial charge in [0, 0.05) is 46.0 Å². The first-order valence-electron chi connectivity index (χ1n) is 14.7. The van der Waals surface area contributed by atoms with Gasteiger partial charge in [-0.15, -0.1) is 0 Å². The van der Waals surface area contributed by atoms with Crippen LogP contribution < -0.4 is 24.5 Å². The van der Waals surface area contributed by atoms with Gasteiger partial charge in [0.15, 0.2) is 11.4 Å². The largest absolute Gasteiger partial charge is 0.484 e. The maximum Gasteiger partial charge on any atom is 0.338 e. The number of thiazole rings is 1. The van der Waals surface area contributed by atoms with Crippen LogP contribution in [0.15, 0.2) is 69.6 Å². The average Bonchev–Trinajstić information content (AvgIpc) is 3.29. The minimum atomic E-state index is -0.676. The van der Waals surface area contributed by atoms with Crippen molar-refractivity contribution in [1.29, 1.82) is 0 Å². The lowest BCUT2D eigenvalue weighted by atomic mass is 9.95. The number of nitrogens with zero attached hydrogens (tertiary/aromatic N) is 5. The molecule has 1 amide bonds. The zero-order valence-electron chi connectivity index (χ0n) is 26.1. The molecule has 0 spiro atoms. The van der Waals surface area contributed by atoms with Crippen LogP contribution in [0, 0.1) is 0 Å². The first-order valence-corrected chi connectivity index (χ1v) is 15.5. The number of anilines is 1. The Labute approximate surface area is 261 Å². The van der Waals surface area contributed by atoms with Crippen LogP contribution in [0.25, 0.3) is 6.08 Å². The van der Waals surface area contributed by atoms with E-state index in [4.69, 9.17) is 9.47 Å². The van der Waals surface area contributed by atoms with Crippen LogP contribution in [-0.2, 0) is 14.3 Å². The molecule has 11 heteroatoms. The van der Waals surface area contributed by atoms with Crippen LogP contribution in [0.2, 0.25) is 0 Å². The van der Waals surface area contributed by atoms with Crippen LogP contribution in [0.3, 0.4) is 0 Å². The molecule has 2 aromatic carbocycles. The van der Waals surface area contributed by atoms with E-state index in [1.807, 2.05) is 67.3 Å². The zero-order valence-corrected chi connectivity index (χ0v) is 26.9. The van der Waals surface area contributed by atoms with E-state index in [9.17, 15) is 14.4 Å². The van der Waals surface area contributed by atoms with Crippen LogP contribution in [0.4, 0.5) is 5.69 Å². The summed E-state index contributed by atoms with van der Waals surface area (Å²) >= 11 is 1.28. The molecule has 2 aliphatic heterocycles. The van der Waals surface area contributed by atoms with Crippen LogP contribution in [-0.4, -0.2) is 86.3 Å². The molecule has 44 heavy (non-hydrogen) atoms. The van der Waals surface area contributed by atoms with Gasteiger partial charge in [0.2, 0.25) is 0 Å². The lowest BCUT2D eigenvalue weighted by Crippen LogP contribution is -2.48. The van der Waals surface area contributed by atoms with E-state index in [1.54, 1.807) is 43.5 Å². The van der Waals surface area contributed by atoms with Crippen molar-refractivity contribution in [1.82, 2.24) is 14.4 Å². The van der Waals surface area contributed by atoms with Crippen LogP contribution in [0.5, 0.6) is 5.75 Å². The molecule has 1 fully saturated rings. The normalized spacial score (nSPS) is 17.4. The number of ether oxygens (including phenoxy) is 2. The van der Waals surface area contributed by atoms with Gasteiger partial charge in [0.25, 0.3) is 11.5 Å². The van der Waals surface area contributed by atoms with E-state index in [2.05, 4.69) is 9.89 Å². The zero-order chi connectivity index (χ0) is 31.5. The van der Waals surface area contributed by atoms with E-state index < -0.39 is 12.0 Å². The molecule has 232 valence electrons. The minimum absolute atomic E-state index is 0.0158. The number of rotatable bonds is 8. The number of aromatic nitrogens is 1. The number of allylic oxidation sites excluding steroid dienone is 1. The van der Waals surface area contributed by atoms with Crippen molar-refractivity contribution in [3.05, 3.63) is 90.6 Å². The van der Waals surface area contributed by atoms with Gasteiger partial charge in [0.05, 0.1) is 27.9 Å². The van der Waals surface area contributed by atoms with Gasteiger partial charge >= 0.3 is 5.97 Å². The number of carbonyl (C=O) groups excluding carboxylic acids is 2. The van der Waals surface area contributed by atoms with Crippen LogP contribution in [0.1, 0.15) is 37.9 Å². The van der Waals surface area contributed by atoms with Gasteiger partial charge in [-0.2, -0.15) is 0 Å². The molecule has 0 aliphatic carbocycles. The fraction of sp³-hybridized carbons (Fsp3) is 0.394. The van der Waals surface area contributed by atoms with Gasteiger partial charge in [-0.05, 0) is 69.3 Å². The van der Waals surface area contributed by atoms with Gasteiger partial charge in [-0.25, -0.2) is 9.79 Å². The predicted molar refractivity (Wildman–Crippen MR) is 172 cm³/mol. The molecule has 1 unspecified atom stereocenters. The highest BCUT2D eigenvalue weighted by Crippen LogP contribution is 2.32. The smallest absolute Gasteiger partial charge is 0.338 e. The lowest BCUT2D eigenvalue weighted by Gasteiger charge is -2.32. The number of piperazine rings is 1. The summed E-state index contributed by atoms with van der Waals surface area (Å²) in [6.45, 7) is 8.49. The van der Waals surface area contributed by atoms with E-state index in [1.165, 1.54) is 11.3 Å². The molecule has 0 N–H and O–H groups in total. The van der Waals surface area contributed by atoms with Crippen LogP contribution >= 0.6 is 11.3 Å². The second kappa shape index (κ2) is 13.2. The molecule has 0 saturated carbocycles. The van der Waals surface area contributed by atoms with E-state index in [0.717, 1.165) is 29.9 Å². The van der Waals surface area contributed by atoms with Gasteiger partial charge in [-0.3, -0.25) is 14.2 Å². The molecule has 0 bridgehead atoms. The van der Waals surface area contributed by atoms with Gasteiger partial charge in [-0.1, -0.05) is 35.6 Å². The van der Waals surface area contributed by atoms with E-state index in [-0.39, 0.29) is 24.2 Å². The maximum absolute atomic E-state index is 13.9. The van der Waals surface area contributed by atoms with Crippen molar-refractivity contribution in [2.75, 3.05) is 58.8 Å². The number of carbonyl (C=O) groups is 2. The second-order valence-corrected chi connectivity index (χ2v) is 12.6. The highest BCUT2D eigenvalue weighted by molar-refractivity contribution is 7.07. The summed E-state index contributed by atoms with van der Waals surface area (Å²) in [4.78, 5) is 51.0. The molecular formula is C33H39N5O5S. The molecule has 1 aromatic heterocycles. The lowest BCUT2D eigenvalue weighted by molar-refractivity contribution is -0.143. The number of hydrogen-bond acceptors (Lipinski definition) is 9. The number of fused-ring (bicyclic) bond motifs is 1. The van der Waals surface area contributed by atoms with Crippen molar-refractivity contribution in [3.8, 4) is 5.75 Å². The summed E-state index contributed by atoms with van der Waals surface area (Å²) in [5.41, 5.74) is 3.23. The Hall–Kier alpha value is -4.22. The quantitative estimate of drug-likeness (QED) is 0.358. The third-order valence-electron chi connectivity index (χ3n) is 7.71. The Morgan fingerprint density at radius 3 is 2.32 bits per heavy atom. The second-order valence-electron chi connectivity index (χ2n) is 11.6. The first kappa shape index (κ1) is 31.2. The van der Waals surface area contributed by atoms with E-state index >= 15 is 0 Å². The summed E-state index contributed by atoms with van der Waals surface area (Å²) < 4.78 is 13.4. The molecular weight excluding hydrogens is 578 g/mol. The molecule has 5 rings (SSSR count). The third-order valence-corrected chi connectivity index (χ3v) is 8.69. The Morgan fingerprint density at radius 2 is 1.70 bits per heavy atom. The Bertz CT molecular complexity index is 1730. The number of likely N-dealkylation sites (N-methyl/N-ethyl adjacent to an activating group) is 1. The van der Waals surface area contributed by atoms with Gasteiger partial charge in [0.1, 0.15) is 5.75 Å². The molecule has 3 aromatic rings. The van der Waals surface area contributed by atoms with Crippen molar-refractivity contribution < 1.29 is 19.1 Å². The Balaban J connectivity index is 1.43. The molecule has 0 radical (unpaired) electrons. The number of esters is 1. The Morgan fingerprint density at radius 1 is 1.05 bits per heavy atom. The molecule has 1 saturated heterocycles. The summed E-state index contributed by atoms with van der Waals surface area (Å²) in [6, 6.07) is 14.4. The summed E-state index contributed by atoms with van der Waals surface area (Å²) in [7, 11) is 5.97. The van der Waals surface area contributed by atoms with E-state index in [0.29, 0.717) is 39.4 Å². The topological polar surface area (TPSA) is 96.7 Å². The SMILES string of the molecule is CC1=C(C(=O)OC(C)C)C(c2ccc(N(C)C)cc2)n2c(s/c(=C\c3ccc(OCC(=O)N4CCN(C)CC4)cc3)c2=O)=N1. The number of benzene rings is 2. The average molecular weight is 618 g/mol. The highest BCUT2D eigenvalue weighted by atomic mass is 32.1. The molecule has 1 atom stereocenters. The summed E-state index contributed by atoms with van der Waals surface area (Å²) in [5, 5.41) is 0. The van der Waals surface area contributed by atoms with Crippen molar-refractivity contribution >= 4 is 35.0 Å². The fourth-order valence-electron chi connectivity index (χ4n) is 5.23. The van der Waals surface area contributed by atoms with Crippen molar-refractivity contribution in [3.63, 3.8) is 0 Å². The van der Waals surface area contributed by atoms with Crippen molar-refractivity contribution in [2.45, 2.75) is 32.9 Å². The minimum Gasteiger partial charge on any atom is -0.484 e. The summed E-state index contributed by atoms with van der Waals surface area (Å²) in [6.07, 6.45) is 1.49. The fourth-order valence-corrected chi connectivity index (χ4v) is 6.28. The maximum atomic E-state index is 13.9.